The van der Waals surface area contributed by atoms with Crippen molar-refractivity contribution in [2.75, 3.05) is 19.5 Å². The summed E-state index contributed by atoms with van der Waals surface area (Å²) in [6.45, 7) is 8.15. The van der Waals surface area contributed by atoms with Gasteiger partial charge in [0.05, 0.1) is 5.02 Å². The first-order valence-electron chi connectivity index (χ1n) is 6.58. The van der Waals surface area contributed by atoms with Crippen LogP contribution in [0.5, 0.6) is 0 Å². The van der Waals surface area contributed by atoms with Gasteiger partial charge in [-0.3, -0.25) is 0 Å². The largest absolute Gasteiger partial charge is 0.385 e. The van der Waals surface area contributed by atoms with Crippen LogP contribution in [0.25, 0.3) is 0 Å². The van der Waals surface area contributed by atoms with Crippen LogP contribution >= 0.6 is 23.4 Å². The molecule has 0 aliphatic heterocycles. The third kappa shape index (κ3) is 6.66. The Hall–Kier alpha value is -0.220. The average molecular weight is 302 g/mol. The lowest BCUT2D eigenvalue weighted by Crippen LogP contribution is -2.35. The van der Waals surface area contributed by atoms with E-state index in [1.165, 1.54) is 10.5 Å². The number of benzene rings is 1. The molecule has 2 nitrogen and oxygen atoms in total. The van der Waals surface area contributed by atoms with Gasteiger partial charge in [0, 0.05) is 36.4 Å². The normalized spacial score (nSPS) is 11.8. The molecule has 1 N–H and O–H groups in total. The highest BCUT2D eigenvalue weighted by molar-refractivity contribution is 7.99. The van der Waals surface area contributed by atoms with Crippen molar-refractivity contribution in [2.24, 2.45) is 0 Å². The molecule has 0 heterocycles. The molecule has 0 bridgehead atoms. The Bertz CT molecular complexity index is 390. The first kappa shape index (κ1) is 16.8. The predicted octanol–water partition coefficient (Wildman–Crippen LogP) is 4.36. The second kappa shape index (κ2) is 8.15. The van der Waals surface area contributed by atoms with Crippen LogP contribution in [-0.4, -0.2) is 25.0 Å². The van der Waals surface area contributed by atoms with Crippen molar-refractivity contribution in [1.82, 2.24) is 5.32 Å². The highest BCUT2D eigenvalue weighted by atomic mass is 35.5. The maximum atomic E-state index is 6.31. The fourth-order valence-corrected chi connectivity index (χ4v) is 2.95. The molecule has 19 heavy (non-hydrogen) atoms. The molecular weight excluding hydrogens is 278 g/mol. The van der Waals surface area contributed by atoms with E-state index < -0.39 is 0 Å². The lowest BCUT2D eigenvalue weighted by Gasteiger charge is -2.22. The molecule has 0 saturated heterocycles. The van der Waals surface area contributed by atoms with E-state index in [-0.39, 0.29) is 5.54 Å². The minimum absolute atomic E-state index is 0.111. The van der Waals surface area contributed by atoms with Gasteiger partial charge in [0.2, 0.25) is 0 Å². The van der Waals surface area contributed by atoms with Crippen LogP contribution in [0, 0.1) is 0 Å². The number of methoxy groups -OCH3 is 1. The van der Waals surface area contributed by atoms with Crippen molar-refractivity contribution in [3.8, 4) is 0 Å². The highest BCUT2D eigenvalue weighted by Crippen LogP contribution is 2.31. The second-order valence-corrected chi connectivity index (χ2v) is 7.04. The molecule has 1 aromatic carbocycles. The maximum absolute atomic E-state index is 6.31. The Morgan fingerprint density at radius 1 is 1.32 bits per heavy atom. The van der Waals surface area contributed by atoms with Gasteiger partial charge in [0.1, 0.15) is 0 Å². The quantitative estimate of drug-likeness (QED) is 0.597. The molecule has 0 aliphatic carbocycles. The zero-order valence-electron chi connectivity index (χ0n) is 12.3. The molecule has 4 heteroatoms. The predicted molar refractivity (Wildman–Crippen MR) is 85.3 cm³/mol. The molecule has 0 aliphatic rings. The molecule has 0 unspecified atom stereocenters. The van der Waals surface area contributed by atoms with E-state index in [1.807, 2.05) is 23.9 Å². The van der Waals surface area contributed by atoms with Gasteiger partial charge in [-0.2, -0.15) is 0 Å². The van der Waals surface area contributed by atoms with Gasteiger partial charge < -0.3 is 10.1 Å². The number of thioether (sulfide) groups is 1. The van der Waals surface area contributed by atoms with Crippen molar-refractivity contribution in [2.45, 2.75) is 44.2 Å². The number of hydrogen-bond donors (Lipinski definition) is 1. The molecule has 1 rings (SSSR count). The minimum atomic E-state index is 0.111. The Balaban J connectivity index is 2.66. The molecule has 0 fully saturated rings. The van der Waals surface area contributed by atoms with E-state index in [0.717, 1.165) is 30.3 Å². The van der Waals surface area contributed by atoms with Crippen LogP contribution in [0.2, 0.25) is 5.02 Å². The smallest absolute Gasteiger partial charge is 0.0545 e. The topological polar surface area (TPSA) is 21.3 Å². The first-order chi connectivity index (χ1) is 8.94. The maximum Gasteiger partial charge on any atom is 0.0545 e. The average Bonchev–Trinajstić information content (AvgIpc) is 2.33. The molecule has 0 amide bonds. The summed E-state index contributed by atoms with van der Waals surface area (Å²) in [4.78, 5) is 1.19. The molecule has 0 spiro atoms. The Labute approximate surface area is 126 Å². The van der Waals surface area contributed by atoms with Crippen LogP contribution in [0.4, 0.5) is 0 Å². The fourth-order valence-electron chi connectivity index (χ4n) is 1.59. The fraction of sp³-hybridized carbons (Fsp3) is 0.600. The summed E-state index contributed by atoms with van der Waals surface area (Å²) in [5, 5.41) is 4.35. The number of halogens is 1. The molecular formula is C15H24ClNOS. The van der Waals surface area contributed by atoms with Gasteiger partial charge >= 0.3 is 0 Å². The number of nitrogens with one attached hydrogen (secondary N) is 1. The van der Waals surface area contributed by atoms with Gasteiger partial charge in [-0.25, -0.2) is 0 Å². The third-order valence-corrected chi connectivity index (χ3v) is 4.29. The lowest BCUT2D eigenvalue weighted by atomic mass is 10.1. The van der Waals surface area contributed by atoms with E-state index in [4.69, 9.17) is 16.3 Å². The van der Waals surface area contributed by atoms with Gasteiger partial charge in [-0.1, -0.05) is 23.7 Å². The summed E-state index contributed by atoms with van der Waals surface area (Å²) in [6.07, 6.45) is 1.04. The zero-order valence-corrected chi connectivity index (χ0v) is 13.8. The van der Waals surface area contributed by atoms with Crippen molar-refractivity contribution in [3.63, 3.8) is 0 Å². The van der Waals surface area contributed by atoms with Gasteiger partial charge in [-0.05, 0) is 38.8 Å². The van der Waals surface area contributed by atoms with Crippen molar-refractivity contribution in [3.05, 3.63) is 28.8 Å². The Morgan fingerprint density at radius 2 is 2.05 bits per heavy atom. The molecule has 0 aromatic heterocycles. The van der Waals surface area contributed by atoms with Crippen LogP contribution in [-0.2, 0) is 11.3 Å². The van der Waals surface area contributed by atoms with Gasteiger partial charge in [0.15, 0.2) is 0 Å². The molecule has 0 saturated carbocycles. The van der Waals surface area contributed by atoms with Crippen LogP contribution < -0.4 is 5.32 Å². The molecule has 108 valence electrons. The summed E-state index contributed by atoms with van der Waals surface area (Å²) < 4.78 is 5.07. The second-order valence-electron chi connectivity index (χ2n) is 5.53. The van der Waals surface area contributed by atoms with Crippen LogP contribution in [0.3, 0.4) is 0 Å². The van der Waals surface area contributed by atoms with E-state index in [9.17, 15) is 0 Å². The highest BCUT2D eigenvalue weighted by Gasteiger charge is 2.12. The minimum Gasteiger partial charge on any atom is -0.385 e. The van der Waals surface area contributed by atoms with Gasteiger partial charge in [-0.15, -0.1) is 11.8 Å². The van der Waals surface area contributed by atoms with Crippen molar-refractivity contribution in [1.29, 1.82) is 0 Å². The van der Waals surface area contributed by atoms with E-state index >= 15 is 0 Å². The van der Waals surface area contributed by atoms with E-state index in [2.05, 4.69) is 32.2 Å². The van der Waals surface area contributed by atoms with Crippen molar-refractivity contribution >= 4 is 23.4 Å². The SMILES string of the molecule is COCCCSc1c(Cl)cccc1CNC(C)(C)C. The third-order valence-electron chi connectivity index (χ3n) is 2.60. The summed E-state index contributed by atoms with van der Waals surface area (Å²) in [6, 6.07) is 6.12. The monoisotopic (exact) mass is 301 g/mol. The number of rotatable bonds is 7. The summed E-state index contributed by atoms with van der Waals surface area (Å²) >= 11 is 8.12. The van der Waals surface area contributed by atoms with E-state index in [0.29, 0.717) is 0 Å². The van der Waals surface area contributed by atoms with E-state index in [1.54, 1.807) is 7.11 Å². The molecule has 1 aromatic rings. The summed E-state index contributed by atoms with van der Waals surface area (Å²) in [7, 11) is 1.73. The van der Waals surface area contributed by atoms with Crippen molar-refractivity contribution < 1.29 is 4.74 Å². The number of hydrogen-bond acceptors (Lipinski definition) is 3. The summed E-state index contributed by atoms with van der Waals surface area (Å²) in [5.74, 6) is 1.03. The summed E-state index contributed by atoms with van der Waals surface area (Å²) in [5.41, 5.74) is 1.38. The Kier molecular flexibility index (Phi) is 7.22. The van der Waals surface area contributed by atoms with Crippen LogP contribution in [0.15, 0.2) is 23.1 Å². The Morgan fingerprint density at radius 3 is 2.68 bits per heavy atom. The zero-order chi connectivity index (χ0) is 14.3. The standard InChI is InChI=1S/C15H24ClNOS/c1-15(2,3)17-11-12-7-5-8-13(16)14(12)19-10-6-9-18-4/h5,7-8,17H,6,9-11H2,1-4H3. The molecule has 0 radical (unpaired) electrons. The molecule has 0 atom stereocenters. The lowest BCUT2D eigenvalue weighted by molar-refractivity contribution is 0.200. The van der Waals surface area contributed by atoms with Gasteiger partial charge in [0.25, 0.3) is 0 Å². The number of ether oxygens (including phenoxy) is 1. The first-order valence-corrected chi connectivity index (χ1v) is 7.94. The van der Waals surface area contributed by atoms with Crippen LogP contribution in [0.1, 0.15) is 32.8 Å².